The number of nitrogens with one attached hydrogen (secondary N) is 2. The molecule has 0 radical (unpaired) electrons. The Morgan fingerprint density at radius 3 is 2.33 bits per heavy atom. The van der Waals surface area contributed by atoms with Crippen LogP contribution in [0.15, 0.2) is 85.2 Å². The van der Waals surface area contributed by atoms with Crippen LogP contribution in [0, 0.1) is 0 Å². The number of hydrogen-bond donors (Lipinski definition) is 3. The molecule has 3 N–H and O–H groups in total. The van der Waals surface area contributed by atoms with Crippen LogP contribution in [0.1, 0.15) is 21.5 Å². The molecule has 182 valence electrons. The summed E-state index contributed by atoms with van der Waals surface area (Å²) < 4.78 is 10.8. The highest BCUT2D eigenvalue weighted by Crippen LogP contribution is 2.36. The SMILES string of the molecule is COc1cc(Nc2ncccc2C=CC(=O)c2cccnc2Nc2ccccc2)cc(CO)c1OC. The van der Waals surface area contributed by atoms with Crippen LogP contribution in [-0.2, 0) is 6.61 Å². The largest absolute Gasteiger partial charge is 0.493 e. The Hall–Kier alpha value is -4.69. The van der Waals surface area contributed by atoms with Gasteiger partial charge in [0, 0.05) is 41.0 Å². The van der Waals surface area contributed by atoms with Crippen molar-refractivity contribution in [2.24, 2.45) is 0 Å². The highest BCUT2D eigenvalue weighted by atomic mass is 16.5. The van der Waals surface area contributed by atoms with Gasteiger partial charge in [-0.25, -0.2) is 9.97 Å². The summed E-state index contributed by atoms with van der Waals surface area (Å²) in [4.78, 5) is 21.8. The molecule has 8 nitrogen and oxygen atoms in total. The van der Waals surface area contributed by atoms with Gasteiger partial charge in [-0.3, -0.25) is 4.79 Å². The highest BCUT2D eigenvalue weighted by Gasteiger charge is 2.14. The summed E-state index contributed by atoms with van der Waals surface area (Å²) in [6.45, 7) is -0.219. The molecule has 0 unspecified atom stereocenters. The average molecular weight is 483 g/mol. The minimum absolute atomic E-state index is 0.204. The van der Waals surface area contributed by atoms with E-state index in [0.29, 0.717) is 45.5 Å². The molecule has 0 atom stereocenters. The van der Waals surface area contributed by atoms with Gasteiger partial charge in [-0.05, 0) is 54.6 Å². The average Bonchev–Trinajstić information content (AvgIpc) is 2.92. The second-order valence-corrected chi connectivity index (χ2v) is 7.68. The maximum Gasteiger partial charge on any atom is 0.189 e. The van der Waals surface area contributed by atoms with Gasteiger partial charge in [0.1, 0.15) is 11.6 Å². The Bertz CT molecular complexity index is 1350. The molecule has 0 bridgehead atoms. The molecule has 0 spiro atoms. The first-order valence-corrected chi connectivity index (χ1v) is 11.2. The number of aliphatic hydroxyl groups is 1. The van der Waals surface area contributed by atoms with E-state index in [0.717, 1.165) is 5.69 Å². The lowest BCUT2D eigenvalue weighted by Crippen LogP contribution is -2.03. The molecule has 0 aliphatic heterocycles. The number of methoxy groups -OCH3 is 2. The van der Waals surface area contributed by atoms with Crippen LogP contribution in [0.25, 0.3) is 6.08 Å². The van der Waals surface area contributed by atoms with Gasteiger partial charge in [0.25, 0.3) is 0 Å². The third-order valence-electron chi connectivity index (χ3n) is 5.35. The lowest BCUT2D eigenvalue weighted by molar-refractivity contribution is 0.104. The van der Waals surface area contributed by atoms with Crippen molar-refractivity contribution in [3.05, 3.63) is 102 Å². The van der Waals surface area contributed by atoms with E-state index in [9.17, 15) is 9.90 Å². The Morgan fingerprint density at radius 2 is 1.61 bits per heavy atom. The first-order valence-electron chi connectivity index (χ1n) is 11.2. The van der Waals surface area contributed by atoms with Gasteiger partial charge in [-0.1, -0.05) is 18.2 Å². The molecule has 4 aromatic rings. The molecule has 0 amide bonds. The van der Waals surface area contributed by atoms with E-state index in [4.69, 9.17) is 9.47 Å². The summed E-state index contributed by atoms with van der Waals surface area (Å²) >= 11 is 0. The summed E-state index contributed by atoms with van der Waals surface area (Å²) in [5.41, 5.74) is 3.21. The van der Waals surface area contributed by atoms with Crippen molar-refractivity contribution in [2.45, 2.75) is 6.61 Å². The molecular formula is C28H26N4O4. The Balaban J connectivity index is 1.58. The van der Waals surface area contributed by atoms with Gasteiger partial charge < -0.3 is 25.2 Å². The number of carbonyl (C=O) groups is 1. The third kappa shape index (κ3) is 5.68. The van der Waals surface area contributed by atoms with Crippen molar-refractivity contribution >= 4 is 34.9 Å². The Kier molecular flexibility index (Phi) is 7.90. The number of aromatic nitrogens is 2. The predicted octanol–water partition coefficient (Wildman–Crippen LogP) is 5.37. The topological polar surface area (TPSA) is 106 Å². The number of carbonyl (C=O) groups excluding carboxylic acids is 1. The van der Waals surface area contributed by atoms with Crippen molar-refractivity contribution in [3.8, 4) is 11.5 Å². The number of aliphatic hydroxyl groups excluding tert-OH is 1. The van der Waals surface area contributed by atoms with E-state index < -0.39 is 0 Å². The van der Waals surface area contributed by atoms with E-state index in [1.165, 1.54) is 20.3 Å². The van der Waals surface area contributed by atoms with Crippen molar-refractivity contribution < 1.29 is 19.4 Å². The first-order chi connectivity index (χ1) is 17.6. The summed E-state index contributed by atoms with van der Waals surface area (Å²) in [5.74, 6) is 1.75. The van der Waals surface area contributed by atoms with E-state index in [1.807, 2.05) is 36.4 Å². The smallest absolute Gasteiger partial charge is 0.189 e. The van der Waals surface area contributed by atoms with Gasteiger partial charge in [-0.15, -0.1) is 0 Å². The van der Waals surface area contributed by atoms with Crippen molar-refractivity contribution in [3.63, 3.8) is 0 Å². The van der Waals surface area contributed by atoms with Crippen LogP contribution >= 0.6 is 0 Å². The summed E-state index contributed by atoms with van der Waals surface area (Å²) in [6, 6.07) is 20.1. The maximum absolute atomic E-state index is 13.1. The van der Waals surface area contributed by atoms with Gasteiger partial charge >= 0.3 is 0 Å². The summed E-state index contributed by atoms with van der Waals surface area (Å²) in [6.07, 6.45) is 6.48. The minimum atomic E-state index is -0.219. The van der Waals surface area contributed by atoms with E-state index >= 15 is 0 Å². The van der Waals surface area contributed by atoms with Crippen LogP contribution in [0.3, 0.4) is 0 Å². The lowest BCUT2D eigenvalue weighted by atomic mass is 10.1. The summed E-state index contributed by atoms with van der Waals surface area (Å²) in [7, 11) is 3.05. The van der Waals surface area contributed by atoms with E-state index in [2.05, 4.69) is 20.6 Å². The van der Waals surface area contributed by atoms with Crippen molar-refractivity contribution in [1.29, 1.82) is 0 Å². The molecule has 0 saturated heterocycles. The van der Waals surface area contributed by atoms with Crippen LogP contribution in [0.2, 0.25) is 0 Å². The van der Waals surface area contributed by atoms with E-state index in [-0.39, 0.29) is 12.4 Å². The van der Waals surface area contributed by atoms with Gasteiger partial charge in [0.15, 0.2) is 17.3 Å². The third-order valence-corrected chi connectivity index (χ3v) is 5.35. The first kappa shape index (κ1) is 24.4. The molecule has 0 saturated carbocycles. The number of allylic oxidation sites excluding steroid dienone is 1. The van der Waals surface area contributed by atoms with Crippen molar-refractivity contribution in [2.75, 3.05) is 24.9 Å². The molecule has 8 heteroatoms. The zero-order chi connectivity index (χ0) is 25.3. The van der Waals surface area contributed by atoms with Crippen LogP contribution in [-0.4, -0.2) is 35.1 Å². The van der Waals surface area contributed by atoms with Gasteiger partial charge in [0.05, 0.1) is 26.4 Å². The number of hydrogen-bond acceptors (Lipinski definition) is 8. The second kappa shape index (κ2) is 11.6. The fraction of sp³-hybridized carbons (Fsp3) is 0.107. The fourth-order valence-corrected chi connectivity index (χ4v) is 3.64. The molecule has 2 aromatic heterocycles. The minimum Gasteiger partial charge on any atom is -0.493 e. The van der Waals surface area contributed by atoms with Gasteiger partial charge in [-0.2, -0.15) is 0 Å². The maximum atomic E-state index is 13.1. The number of ether oxygens (including phenoxy) is 2. The second-order valence-electron chi connectivity index (χ2n) is 7.68. The number of ketones is 1. The molecule has 36 heavy (non-hydrogen) atoms. The Labute approximate surface area is 209 Å². The lowest BCUT2D eigenvalue weighted by Gasteiger charge is -2.15. The van der Waals surface area contributed by atoms with E-state index in [1.54, 1.807) is 48.8 Å². The molecule has 2 aromatic carbocycles. The van der Waals surface area contributed by atoms with Crippen molar-refractivity contribution in [1.82, 2.24) is 9.97 Å². The van der Waals surface area contributed by atoms with Crippen LogP contribution < -0.4 is 20.1 Å². The zero-order valence-electron chi connectivity index (χ0n) is 19.9. The van der Waals surface area contributed by atoms with Crippen LogP contribution in [0.5, 0.6) is 11.5 Å². The standard InChI is InChI=1S/C28H26N4O4/c1-35-25-17-22(16-20(18-33)26(25)36-2)32-27-19(8-6-14-29-27)12-13-24(34)23-11-7-15-30-28(23)31-21-9-4-3-5-10-21/h3-17,33H,18H2,1-2H3,(H,29,32)(H,30,31). The molecular weight excluding hydrogens is 456 g/mol. The van der Waals surface area contributed by atoms with Crippen LogP contribution in [0.4, 0.5) is 23.0 Å². The zero-order valence-corrected chi connectivity index (χ0v) is 19.9. The molecule has 2 heterocycles. The normalized spacial score (nSPS) is 10.8. The number of anilines is 4. The number of para-hydroxylation sites is 1. The molecule has 0 aliphatic rings. The fourth-order valence-electron chi connectivity index (χ4n) is 3.64. The molecule has 0 aliphatic carbocycles. The van der Waals surface area contributed by atoms with Gasteiger partial charge in [0.2, 0.25) is 0 Å². The summed E-state index contributed by atoms with van der Waals surface area (Å²) in [5, 5.41) is 16.2. The monoisotopic (exact) mass is 482 g/mol. The predicted molar refractivity (Wildman–Crippen MR) is 140 cm³/mol. The molecule has 0 fully saturated rings. The quantitative estimate of drug-likeness (QED) is 0.205. The molecule has 4 rings (SSSR count). The Morgan fingerprint density at radius 1 is 0.889 bits per heavy atom. The highest BCUT2D eigenvalue weighted by molar-refractivity contribution is 6.10. The number of benzene rings is 2. The number of rotatable bonds is 10. The number of nitrogens with zero attached hydrogens (tertiary/aromatic N) is 2. The number of pyridine rings is 2.